The highest BCUT2D eigenvalue weighted by Crippen LogP contribution is 2.29. The topological polar surface area (TPSA) is 77.0 Å². The third-order valence-corrected chi connectivity index (χ3v) is 6.36. The zero-order valence-corrected chi connectivity index (χ0v) is 22.6. The average molecular weight is 549 g/mol. The van der Waals surface area contributed by atoms with Crippen LogP contribution in [0.3, 0.4) is 0 Å². The van der Waals surface area contributed by atoms with Crippen molar-refractivity contribution in [1.29, 1.82) is 0 Å². The molecule has 0 aliphatic heterocycles. The zero-order chi connectivity index (χ0) is 27.2. The molecule has 38 heavy (non-hydrogen) atoms. The van der Waals surface area contributed by atoms with Gasteiger partial charge in [0.15, 0.2) is 6.61 Å². The highest BCUT2D eigenvalue weighted by molar-refractivity contribution is 6.36. The van der Waals surface area contributed by atoms with E-state index in [0.717, 1.165) is 21.9 Å². The summed E-state index contributed by atoms with van der Waals surface area (Å²) >= 11 is 12.1. The Morgan fingerprint density at radius 3 is 2.53 bits per heavy atom. The highest BCUT2D eigenvalue weighted by atomic mass is 35.5. The molecule has 0 unspecified atom stereocenters. The summed E-state index contributed by atoms with van der Waals surface area (Å²) in [6, 6.07) is 21.5. The number of aryl methyl sites for hydroxylation is 1. The smallest absolute Gasteiger partial charge is 0.345 e. The van der Waals surface area contributed by atoms with Crippen LogP contribution in [0.4, 0.5) is 0 Å². The summed E-state index contributed by atoms with van der Waals surface area (Å²) in [5.74, 6) is 0.109. The maximum atomic E-state index is 12.9. The molecule has 0 fully saturated rings. The number of benzene rings is 4. The normalized spacial score (nSPS) is 11.2. The summed E-state index contributed by atoms with van der Waals surface area (Å²) in [6.07, 6.45) is 1.44. The standard InChI is InChI=1S/C30H26Cl2N2O4/c1-18(2)22-11-8-19(3)14-28(22)37-17-29(35)34-33-16-25-23-7-5-4-6-20(23)9-13-27(25)38-30(36)24-12-10-21(31)15-26(24)32/h4-16,18H,17H2,1-3H3,(H,34,35)/b33-16+. The lowest BCUT2D eigenvalue weighted by molar-refractivity contribution is -0.123. The molecule has 4 aromatic rings. The van der Waals surface area contributed by atoms with Gasteiger partial charge in [0.05, 0.1) is 16.8 Å². The Morgan fingerprint density at radius 2 is 1.76 bits per heavy atom. The number of amides is 1. The molecule has 0 radical (unpaired) electrons. The number of carbonyl (C=O) groups is 2. The number of hydrogen-bond acceptors (Lipinski definition) is 5. The summed E-state index contributed by atoms with van der Waals surface area (Å²) < 4.78 is 11.5. The Kier molecular flexibility index (Phi) is 8.66. The van der Waals surface area contributed by atoms with Gasteiger partial charge in [0.2, 0.25) is 0 Å². The fraction of sp³-hybridized carbons (Fsp3) is 0.167. The van der Waals surface area contributed by atoms with Crippen LogP contribution in [0.1, 0.15) is 46.8 Å². The highest BCUT2D eigenvalue weighted by Gasteiger charge is 2.17. The van der Waals surface area contributed by atoms with E-state index in [1.54, 1.807) is 12.1 Å². The van der Waals surface area contributed by atoms with Gasteiger partial charge in [-0.25, -0.2) is 10.2 Å². The first-order valence-electron chi connectivity index (χ1n) is 12.0. The number of nitrogens with zero attached hydrogens (tertiary/aromatic N) is 1. The van der Waals surface area contributed by atoms with E-state index in [9.17, 15) is 9.59 Å². The van der Waals surface area contributed by atoms with Gasteiger partial charge in [0, 0.05) is 10.6 Å². The van der Waals surface area contributed by atoms with Crippen LogP contribution in [0.2, 0.25) is 10.0 Å². The van der Waals surface area contributed by atoms with Crippen molar-refractivity contribution in [3.63, 3.8) is 0 Å². The van der Waals surface area contributed by atoms with Crippen molar-refractivity contribution >= 4 is 52.1 Å². The van der Waals surface area contributed by atoms with Crippen LogP contribution in [-0.2, 0) is 4.79 Å². The molecule has 0 saturated carbocycles. The largest absolute Gasteiger partial charge is 0.483 e. The molecule has 1 amide bonds. The lowest BCUT2D eigenvalue weighted by Crippen LogP contribution is -2.25. The third-order valence-electron chi connectivity index (χ3n) is 5.82. The minimum atomic E-state index is -0.645. The fourth-order valence-electron chi connectivity index (χ4n) is 3.90. The van der Waals surface area contributed by atoms with Gasteiger partial charge >= 0.3 is 5.97 Å². The molecule has 0 spiro atoms. The summed E-state index contributed by atoms with van der Waals surface area (Å²) in [5.41, 5.74) is 5.24. The zero-order valence-electron chi connectivity index (χ0n) is 21.1. The first kappa shape index (κ1) is 27.2. The summed E-state index contributed by atoms with van der Waals surface area (Å²) in [7, 11) is 0. The van der Waals surface area contributed by atoms with E-state index in [1.807, 2.05) is 55.5 Å². The van der Waals surface area contributed by atoms with E-state index in [2.05, 4.69) is 24.4 Å². The van der Waals surface area contributed by atoms with E-state index in [0.29, 0.717) is 16.3 Å². The number of carbonyl (C=O) groups excluding carboxylic acids is 2. The second-order valence-corrected chi connectivity index (χ2v) is 9.83. The minimum Gasteiger partial charge on any atom is -0.483 e. The molecule has 0 aromatic heterocycles. The van der Waals surface area contributed by atoms with Crippen molar-refractivity contribution in [3.8, 4) is 11.5 Å². The lowest BCUT2D eigenvalue weighted by Gasteiger charge is -2.14. The lowest BCUT2D eigenvalue weighted by atomic mass is 10.0. The van der Waals surface area contributed by atoms with Gasteiger partial charge < -0.3 is 9.47 Å². The van der Waals surface area contributed by atoms with Crippen LogP contribution in [0.5, 0.6) is 11.5 Å². The van der Waals surface area contributed by atoms with E-state index in [1.165, 1.54) is 18.3 Å². The molecule has 0 aliphatic rings. The molecular weight excluding hydrogens is 523 g/mol. The number of rotatable bonds is 8. The Balaban J connectivity index is 1.52. The van der Waals surface area contributed by atoms with Crippen LogP contribution in [0, 0.1) is 6.92 Å². The van der Waals surface area contributed by atoms with Crippen LogP contribution in [0.15, 0.2) is 77.9 Å². The Hall–Kier alpha value is -3.87. The first-order valence-corrected chi connectivity index (χ1v) is 12.7. The predicted octanol–water partition coefficient (Wildman–Crippen LogP) is 7.33. The number of fused-ring (bicyclic) bond motifs is 1. The van der Waals surface area contributed by atoms with E-state index in [-0.39, 0.29) is 28.9 Å². The van der Waals surface area contributed by atoms with Gasteiger partial charge in [-0.1, -0.05) is 79.5 Å². The van der Waals surface area contributed by atoms with Crippen molar-refractivity contribution in [3.05, 3.63) is 105 Å². The predicted molar refractivity (Wildman–Crippen MR) is 152 cm³/mol. The third kappa shape index (κ3) is 6.52. The maximum absolute atomic E-state index is 12.9. The molecule has 8 heteroatoms. The van der Waals surface area contributed by atoms with Crippen LogP contribution in [-0.4, -0.2) is 24.7 Å². The SMILES string of the molecule is Cc1ccc(C(C)C)c(OCC(=O)N/N=C/c2c(OC(=O)c3ccc(Cl)cc3Cl)ccc3ccccc23)c1. The van der Waals surface area contributed by atoms with Gasteiger partial charge in [-0.2, -0.15) is 5.10 Å². The fourth-order valence-corrected chi connectivity index (χ4v) is 4.38. The van der Waals surface area contributed by atoms with Crippen molar-refractivity contribution in [2.24, 2.45) is 5.10 Å². The van der Waals surface area contributed by atoms with Gasteiger partial charge in [0.25, 0.3) is 5.91 Å². The van der Waals surface area contributed by atoms with Gasteiger partial charge in [-0.3, -0.25) is 4.79 Å². The second-order valence-electron chi connectivity index (χ2n) is 8.99. The van der Waals surface area contributed by atoms with Crippen molar-refractivity contribution in [2.75, 3.05) is 6.61 Å². The molecule has 0 heterocycles. The molecule has 0 aliphatic carbocycles. The van der Waals surface area contributed by atoms with Gasteiger partial charge in [0.1, 0.15) is 11.5 Å². The van der Waals surface area contributed by atoms with Crippen molar-refractivity contribution in [2.45, 2.75) is 26.7 Å². The number of ether oxygens (including phenoxy) is 2. The molecule has 194 valence electrons. The van der Waals surface area contributed by atoms with Gasteiger partial charge in [-0.15, -0.1) is 0 Å². The minimum absolute atomic E-state index is 0.175. The second kappa shape index (κ2) is 12.1. The molecule has 0 saturated heterocycles. The van der Waals surface area contributed by atoms with E-state index < -0.39 is 11.9 Å². The van der Waals surface area contributed by atoms with Crippen molar-refractivity contribution in [1.82, 2.24) is 5.43 Å². The van der Waals surface area contributed by atoms with Crippen LogP contribution >= 0.6 is 23.2 Å². The molecular formula is C30H26Cl2N2O4. The molecule has 0 bridgehead atoms. The number of hydrazone groups is 1. The monoisotopic (exact) mass is 548 g/mol. The first-order chi connectivity index (χ1) is 18.2. The molecule has 0 atom stereocenters. The van der Waals surface area contributed by atoms with E-state index in [4.69, 9.17) is 32.7 Å². The molecule has 1 N–H and O–H groups in total. The van der Waals surface area contributed by atoms with Crippen LogP contribution < -0.4 is 14.9 Å². The quantitative estimate of drug-likeness (QED) is 0.108. The number of halogens is 2. The van der Waals surface area contributed by atoms with E-state index >= 15 is 0 Å². The number of hydrogen-bond donors (Lipinski definition) is 1. The van der Waals surface area contributed by atoms with Gasteiger partial charge in [-0.05, 0) is 65.1 Å². The number of esters is 1. The maximum Gasteiger partial charge on any atom is 0.345 e. The molecule has 6 nitrogen and oxygen atoms in total. The summed E-state index contributed by atoms with van der Waals surface area (Å²) in [5, 5.41) is 6.40. The molecule has 4 rings (SSSR count). The Morgan fingerprint density at radius 1 is 0.974 bits per heavy atom. The Bertz CT molecular complexity index is 1530. The molecule has 4 aromatic carbocycles. The Labute approximate surface area is 231 Å². The number of nitrogens with one attached hydrogen (secondary N) is 1. The average Bonchev–Trinajstić information content (AvgIpc) is 2.88. The van der Waals surface area contributed by atoms with Crippen molar-refractivity contribution < 1.29 is 19.1 Å². The summed E-state index contributed by atoms with van der Waals surface area (Å²) in [4.78, 5) is 25.3. The van der Waals surface area contributed by atoms with Crippen LogP contribution in [0.25, 0.3) is 10.8 Å². The summed E-state index contributed by atoms with van der Waals surface area (Å²) in [6.45, 7) is 5.90.